The summed E-state index contributed by atoms with van der Waals surface area (Å²) >= 11 is 1.08. The first-order valence-electron chi connectivity index (χ1n) is 17.4. The molecule has 1 aromatic carbocycles. The van der Waals surface area contributed by atoms with E-state index in [-0.39, 0.29) is 29.5 Å². The topological polar surface area (TPSA) is 136 Å². The Hall–Kier alpha value is -3.33. The fraction of sp³-hybridized carbons (Fsp3) is 0.571. The summed E-state index contributed by atoms with van der Waals surface area (Å²) in [5.41, 5.74) is 9.91. The molecule has 0 saturated carbocycles. The quantitative estimate of drug-likeness (QED) is 0.221. The lowest BCUT2D eigenvalue weighted by Crippen LogP contribution is -2.59. The van der Waals surface area contributed by atoms with E-state index < -0.39 is 22.6 Å². The number of nitrogens with zero attached hydrogens (tertiary/aromatic N) is 7. The molecule has 4 aromatic rings. The largest absolute Gasteiger partial charge is 0.393 e. The molecule has 6 rings (SSSR count). The molecular formula is C35H46F3N9O2S2. The van der Waals surface area contributed by atoms with Crippen LogP contribution in [0.5, 0.6) is 0 Å². The summed E-state index contributed by atoms with van der Waals surface area (Å²) in [5.74, 6) is 1.23. The van der Waals surface area contributed by atoms with Crippen LogP contribution in [0.3, 0.4) is 0 Å². The minimum absolute atomic E-state index is 0.0621. The summed E-state index contributed by atoms with van der Waals surface area (Å²) in [4.78, 5) is 14.7. The Morgan fingerprint density at radius 3 is 2.53 bits per heavy atom. The van der Waals surface area contributed by atoms with E-state index in [9.17, 15) is 26.9 Å². The van der Waals surface area contributed by atoms with Gasteiger partial charge in [-0.3, -0.25) is 9.80 Å². The number of piperazine rings is 1. The highest BCUT2D eigenvalue weighted by Crippen LogP contribution is 2.34. The van der Waals surface area contributed by atoms with Crippen LogP contribution in [0, 0.1) is 18.3 Å². The Balaban J connectivity index is 1.11. The van der Waals surface area contributed by atoms with Gasteiger partial charge >= 0.3 is 6.18 Å². The number of likely N-dealkylation sites (tertiary alicyclic amines) is 1. The zero-order valence-electron chi connectivity index (χ0n) is 29.5. The van der Waals surface area contributed by atoms with Gasteiger partial charge in [-0.05, 0) is 56.0 Å². The van der Waals surface area contributed by atoms with Crippen LogP contribution < -0.4 is 11.1 Å². The van der Waals surface area contributed by atoms with E-state index in [2.05, 4.69) is 61.7 Å². The number of anilines is 1. The average molecular weight is 746 g/mol. The number of benzene rings is 1. The molecule has 51 heavy (non-hydrogen) atoms. The first kappa shape index (κ1) is 37.4. The van der Waals surface area contributed by atoms with Gasteiger partial charge < -0.3 is 15.6 Å². The van der Waals surface area contributed by atoms with Crippen LogP contribution in [0.4, 0.5) is 19.0 Å². The van der Waals surface area contributed by atoms with Crippen molar-refractivity contribution < 1.29 is 21.6 Å². The number of alkyl halides is 3. The van der Waals surface area contributed by atoms with Gasteiger partial charge in [-0.1, -0.05) is 13.0 Å². The highest BCUT2D eigenvalue weighted by Gasteiger charge is 2.34. The lowest BCUT2D eigenvalue weighted by atomic mass is 10.0. The van der Waals surface area contributed by atoms with Crippen molar-refractivity contribution in [3.8, 4) is 6.07 Å². The van der Waals surface area contributed by atoms with Crippen LogP contribution in [0.15, 0.2) is 24.3 Å². The third-order valence-corrected chi connectivity index (χ3v) is 12.7. The van der Waals surface area contributed by atoms with E-state index in [0.717, 1.165) is 60.3 Å². The zero-order valence-corrected chi connectivity index (χ0v) is 31.1. The van der Waals surface area contributed by atoms with Crippen molar-refractivity contribution in [3.63, 3.8) is 0 Å². The minimum Gasteiger partial charge on any atom is -0.367 e. The van der Waals surface area contributed by atoms with Crippen LogP contribution >= 0.6 is 11.3 Å². The maximum Gasteiger partial charge on any atom is 0.393 e. The molecule has 0 bridgehead atoms. The number of aryl methyl sites for hydroxylation is 2. The van der Waals surface area contributed by atoms with Crippen molar-refractivity contribution in [2.45, 2.75) is 83.8 Å². The molecule has 3 N–H and O–H groups in total. The van der Waals surface area contributed by atoms with Crippen LogP contribution in [-0.2, 0) is 36.0 Å². The number of nitrogens with one attached hydrogen (secondary N) is 1. The Morgan fingerprint density at radius 1 is 1.14 bits per heavy atom. The second-order valence-electron chi connectivity index (χ2n) is 13.9. The number of rotatable bonds is 11. The minimum atomic E-state index is -4.28. The summed E-state index contributed by atoms with van der Waals surface area (Å²) in [7, 11) is -3.34. The van der Waals surface area contributed by atoms with E-state index >= 15 is 0 Å². The number of nitrogens with two attached hydrogens (primary N) is 1. The van der Waals surface area contributed by atoms with Gasteiger partial charge in [-0.15, -0.1) is 11.3 Å². The number of halogens is 3. The molecule has 2 fully saturated rings. The summed E-state index contributed by atoms with van der Waals surface area (Å²) in [5, 5.41) is 15.3. The summed E-state index contributed by atoms with van der Waals surface area (Å²) < 4.78 is 67.4. The highest BCUT2D eigenvalue weighted by molar-refractivity contribution is 7.88. The van der Waals surface area contributed by atoms with Crippen LogP contribution in [0.2, 0.25) is 0 Å². The molecule has 5 heterocycles. The maximum absolute atomic E-state index is 13.1. The van der Waals surface area contributed by atoms with Crippen molar-refractivity contribution >= 4 is 48.3 Å². The van der Waals surface area contributed by atoms with Gasteiger partial charge in [0.05, 0.1) is 18.1 Å². The standard InChI is InChI=1S/C35H46F3N9O2S2/c1-5-32-42-33(30-15-28(16-35(36,37)38)50-34(30)43-32)41-25-8-10-44(11-9-25)20-24-6-7-31-29(23(24)3)14-26(17-39)46(31)19-22(2)45-12-13-47(51(4,48)49)27(18-40)21-45/h6-7,14-15,22,25,27H,5,8-13,16,18-21,40H2,1-4H3,(H,41,42,43)/t22-,27?/m0/s1. The number of hydrogen-bond acceptors (Lipinski definition) is 10. The fourth-order valence-corrected chi connectivity index (χ4v) is 9.68. The van der Waals surface area contributed by atoms with Gasteiger partial charge in [0.25, 0.3) is 0 Å². The highest BCUT2D eigenvalue weighted by atomic mass is 32.2. The normalized spacial score (nSPS) is 19.5. The number of nitriles is 1. The number of aromatic nitrogens is 3. The molecular weight excluding hydrogens is 700 g/mol. The predicted octanol–water partition coefficient (Wildman–Crippen LogP) is 4.86. The molecule has 1 unspecified atom stereocenters. The van der Waals surface area contributed by atoms with Crippen molar-refractivity contribution in [3.05, 3.63) is 51.8 Å². The summed E-state index contributed by atoms with van der Waals surface area (Å²) in [6, 6.07) is 10.1. The Labute approximate surface area is 301 Å². The smallest absolute Gasteiger partial charge is 0.367 e. The second kappa shape index (κ2) is 15.0. The summed E-state index contributed by atoms with van der Waals surface area (Å²) in [6.07, 6.45) is -1.69. The molecule has 3 aromatic heterocycles. The van der Waals surface area contributed by atoms with Crippen molar-refractivity contribution in [1.29, 1.82) is 5.26 Å². The van der Waals surface area contributed by atoms with Crippen LogP contribution in [0.25, 0.3) is 21.1 Å². The lowest BCUT2D eigenvalue weighted by Gasteiger charge is -2.42. The molecule has 0 radical (unpaired) electrons. The first-order chi connectivity index (χ1) is 24.2. The van der Waals surface area contributed by atoms with Gasteiger partial charge in [-0.25, -0.2) is 18.4 Å². The van der Waals surface area contributed by atoms with E-state index in [1.54, 1.807) is 6.07 Å². The van der Waals surface area contributed by atoms with Gasteiger partial charge in [0, 0.05) is 92.7 Å². The van der Waals surface area contributed by atoms with Gasteiger partial charge in [0.15, 0.2) is 0 Å². The number of hydrogen-bond donors (Lipinski definition) is 2. The average Bonchev–Trinajstić information content (AvgIpc) is 3.65. The Morgan fingerprint density at radius 2 is 1.88 bits per heavy atom. The molecule has 276 valence electrons. The van der Waals surface area contributed by atoms with Crippen LogP contribution in [0.1, 0.15) is 54.2 Å². The number of sulfonamides is 1. The van der Waals surface area contributed by atoms with Crippen molar-refractivity contribution in [2.24, 2.45) is 5.73 Å². The second-order valence-corrected chi connectivity index (χ2v) is 17.0. The molecule has 0 spiro atoms. The molecule has 11 nitrogen and oxygen atoms in total. The molecule has 16 heteroatoms. The molecule has 0 amide bonds. The zero-order chi connectivity index (χ0) is 36.7. The Kier molecular flexibility index (Phi) is 11.0. The molecule has 2 aliphatic heterocycles. The molecule has 2 atom stereocenters. The third kappa shape index (κ3) is 8.34. The number of thiophene rings is 1. The number of piperidine rings is 1. The van der Waals surface area contributed by atoms with E-state index in [1.807, 2.05) is 13.0 Å². The monoisotopic (exact) mass is 745 g/mol. The number of fused-ring (bicyclic) bond motifs is 2. The fourth-order valence-electron chi connectivity index (χ4n) is 7.49. The maximum atomic E-state index is 13.1. The Bertz CT molecular complexity index is 2030. The van der Waals surface area contributed by atoms with Crippen molar-refractivity contribution in [1.82, 2.24) is 28.6 Å². The van der Waals surface area contributed by atoms with E-state index in [0.29, 0.717) is 60.2 Å². The van der Waals surface area contributed by atoms with Gasteiger partial charge in [-0.2, -0.15) is 22.7 Å². The molecule has 2 aliphatic rings. The first-order valence-corrected chi connectivity index (χ1v) is 20.1. The molecule has 2 saturated heterocycles. The van der Waals surface area contributed by atoms with E-state index in [1.165, 1.54) is 16.1 Å². The van der Waals surface area contributed by atoms with E-state index in [4.69, 9.17) is 5.73 Å². The summed E-state index contributed by atoms with van der Waals surface area (Å²) in [6.45, 7) is 11.0. The van der Waals surface area contributed by atoms with Crippen LogP contribution in [-0.4, -0.2) is 107 Å². The van der Waals surface area contributed by atoms with Gasteiger partial charge in [0.1, 0.15) is 28.2 Å². The lowest BCUT2D eigenvalue weighted by molar-refractivity contribution is -0.126. The van der Waals surface area contributed by atoms with Gasteiger partial charge in [0.2, 0.25) is 10.0 Å². The van der Waals surface area contributed by atoms with Crippen molar-refractivity contribution in [2.75, 3.05) is 50.8 Å². The predicted molar refractivity (Wildman–Crippen MR) is 195 cm³/mol. The SMILES string of the molecule is CCc1nc(NC2CCN(Cc3ccc4c(cc(C#N)n4C[C@H](C)N4CCN(S(C)(=O)=O)C(CN)C4)c3C)CC2)c2cc(CC(F)(F)F)sc2n1. The third-order valence-electron chi connectivity index (χ3n) is 10.3. The molecule has 0 aliphatic carbocycles.